The zero-order chi connectivity index (χ0) is 33.5. The Bertz CT molecular complexity index is 1480. The summed E-state index contributed by atoms with van der Waals surface area (Å²) in [5.41, 5.74) is 9.28. The summed E-state index contributed by atoms with van der Waals surface area (Å²) < 4.78 is 0. The molecule has 3 aromatic carbocycles. The largest absolute Gasteiger partial charge is 0.368 e. The van der Waals surface area contributed by atoms with Gasteiger partial charge in [0, 0.05) is 17.8 Å². The van der Waals surface area contributed by atoms with Gasteiger partial charge >= 0.3 is 6.03 Å². The lowest BCUT2D eigenvalue weighted by Gasteiger charge is -2.24. The summed E-state index contributed by atoms with van der Waals surface area (Å²) in [6.45, 7) is 5.62. The molecule has 11 heteroatoms. The predicted molar refractivity (Wildman–Crippen MR) is 179 cm³/mol. The van der Waals surface area contributed by atoms with E-state index >= 15 is 0 Å². The molecule has 0 aliphatic heterocycles. The SMILES string of the molecule is CCCC[C@H](NC(=O)Cc1ccc(NC(=O)Nc2ccccc2C)cc1)C(=O)N[C@@H](CC)C(=O)N[C@@H](Cc1ccccc1)C(N)=O. The Morgan fingerprint density at radius 3 is 1.96 bits per heavy atom. The van der Waals surface area contributed by atoms with Crippen LogP contribution in [-0.4, -0.2) is 47.8 Å². The molecule has 46 heavy (non-hydrogen) atoms. The van der Waals surface area contributed by atoms with Gasteiger partial charge in [0.1, 0.15) is 18.1 Å². The summed E-state index contributed by atoms with van der Waals surface area (Å²) in [5.74, 6) is -2.05. The minimum Gasteiger partial charge on any atom is -0.368 e. The van der Waals surface area contributed by atoms with Crippen LogP contribution in [0.4, 0.5) is 16.2 Å². The Hall–Kier alpha value is -5.19. The van der Waals surface area contributed by atoms with Crippen molar-refractivity contribution in [1.29, 1.82) is 0 Å². The molecule has 0 fully saturated rings. The van der Waals surface area contributed by atoms with E-state index in [1.54, 1.807) is 31.2 Å². The molecule has 0 aliphatic rings. The number of amides is 6. The van der Waals surface area contributed by atoms with Gasteiger partial charge in [-0.05, 0) is 54.7 Å². The number of anilines is 2. The Balaban J connectivity index is 1.56. The van der Waals surface area contributed by atoms with Gasteiger partial charge in [0.15, 0.2) is 0 Å². The van der Waals surface area contributed by atoms with Crippen LogP contribution >= 0.6 is 0 Å². The fourth-order valence-electron chi connectivity index (χ4n) is 4.78. The van der Waals surface area contributed by atoms with Crippen molar-refractivity contribution in [3.63, 3.8) is 0 Å². The number of urea groups is 1. The third-order valence-electron chi connectivity index (χ3n) is 7.45. The van der Waals surface area contributed by atoms with E-state index < -0.39 is 35.8 Å². The summed E-state index contributed by atoms with van der Waals surface area (Å²) in [7, 11) is 0. The maximum Gasteiger partial charge on any atom is 0.323 e. The first-order valence-corrected chi connectivity index (χ1v) is 15.6. The van der Waals surface area contributed by atoms with Gasteiger partial charge in [0.05, 0.1) is 6.42 Å². The van der Waals surface area contributed by atoms with Crippen molar-refractivity contribution in [1.82, 2.24) is 16.0 Å². The molecular weight excluding hydrogens is 584 g/mol. The van der Waals surface area contributed by atoms with E-state index in [-0.39, 0.29) is 31.2 Å². The average Bonchev–Trinajstić information content (AvgIpc) is 3.03. The van der Waals surface area contributed by atoms with Gasteiger partial charge in [-0.15, -0.1) is 0 Å². The quantitative estimate of drug-likeness (QED) is 0.141. The van der Waals surface area contributed by atoms with Crippen LogP contribution in [0.5, 0.6) is 0 Å². The first-order valence-electron chi connectivity index (χ1n) is 15.6. The van der Waals surface area contributed by atoms with Crippen LogP contribution in [-0.2, 0) is 32.0 Å². The topological polar surface area (TPSA) is 172 Å². The van der Waals surface area contributed by atoms with Crippen LogP contribution in [0.3, 0.4) is 0 Å². The monoisotopic (exact) mass is 628 g/mol. The van der Waals surface area contributed by atoms with Gasteiger partial charge in [-0.1, -0.05) is 87.4 Å². The first kappa shape index (κ1) is 35.3. The van der Waals surface area contributed by atoms with E-state index in [2.05, 4.69) is 26.6 Å². The minimum atomic E-state index is -0.944. The van der Waals surface area contributed by atoms with E-state index in [9.17, 15) is 24.0 Å². The summed E-state index contributed by atoms with van der Waals surface area (Å²) in [4.78, 5) is 63.8. The van der Waals surface area contributed by atoms with E-state index in [1.165, 1.54) is 0 Å². The normalized spacial score (nSPS) is 12.6. The molecule has 0 unspecified atom stereocenters. The van der Waals surface area contributed by atoms with Gasteiger partial charge in [-0.2, -0.15) is 0 Å². The van der Waals surface area contributed by atoms with Crippen LogP contribution in [0.1, 0.15) is 56.2 Å². The standard InChI is InChI=1S/C35H44N6O5/c1-4-6-15-29(34(45)39-27(5-2)33(44)40-30(32(36)43)21-24-13-8-7-9-14-24)38-31(42)22-25-17-19-26(20-18-25)37-35(46)41-28-16-11-10-12-23(28)3/h7-14,16-20,27,29-30H,4-6,15,21-22H2,1-3H3,(H2,36,43)(H,38,42)(H,39,45)(H,40,44)(H2,37,41,46)/t27-,29-,30-/m0/s1. The van der Waals surface area contributed by atoms with Gasteiger partial charge in [-0.3, -0.25) is 19.2 Å². The van der Waals surface area contributed by atoms with Crippen LogP contribution in [0, 0.1) is 6.92 Å². The highest BCUT2D eigenvalue weighted by Crippen LogP contribution is 2.15. The number of carbonyl (C=O) groups excluding carboxylic acids is 5. The molecule has 0 radical (unpaired) electrons. The van der Waals surface area contributed by atoms with E-state index in [0.29, 0.717) is 29.8 Å². The third-order valence-corrected chi connectivity index (χ3v) is 7.45. The minimum absolute atomic E-state index is 0.0169. The smallest absolute Gasteiger partial charge is 0.323 e. The lowest BCUT2D eigenvalue weighted by Crippen LogP contribution is -2.56. The van der Waals surface area contributed by atoms with Crippen molar-refractivity contribution in [3.8, 4) is 0 Å². The van der Waals surface area contributed by atoms with E-state index in [1.807, 2.05) is 68.4 Å². The Kier molecular flexibility index (Phi) is 13.8. The molecule has 11 nitrogen and oxygen atoms in total. The predicted octanol–water partition coefficient (Wildman–Crippen LogP) is 3.96. The van der Waals surface area contributed by atoms with Crippen molar-refractivity contribution in [2.24, 2.45) is 5.73 Å². The molecule has 0 aromatic heterocycles. The van der Waals surface area contributed by atoms with E-state index in [0.717, 1.165) is 17.5 Å². The van der Waals surface area contributed by atoms with Crippen molar-refractivity contribution >= 4 is 41.0 Å². The van der Waals surface area contributed by atoms with Gasteiger partial charge in [-0.25, -0.2) is 4.79 Å². The average molecular weight is 629 g/mol. The summed E-state index contributed by atoms with van der Waals surface area (Å²) >= 11 is 0. The Labute approximate surface area is 270 Å². The highest BCUT2D eigenvalue weighted by atomic mass is 16.2. The number of nitrogens with one attached hydrogen (secondary N) is 5. The molecule has 3 atom stereocenters. The summed E-state index contributed by atoms with van der Waals surface area (Å²) in [5, 5.41) is 13.8. The van der Waals surface area contributed by atoms with Crippen LogP contribution < -0.4 is 32.3 Å². The molecule has 0 aliphatic carbocycles. The van der Waals surface area contributed by atoms with Crippen LogP contribution in [0.15, 0.2) is 78.9 Å². The molecule has 0 heterocycles. The van der Waals surface area contributed by atoms with Crippen molar-refractivity contribution in [2.75, 3.05) is 10.6 Å². The molecule has 7 N–H and O–H groups in total. The van der Waals surface area contributed by atoms with Crippen molar-refractivity contribution in [3.05, 3.63) is 95.6 Å². The molecule has 3 rings (SSSR count). The number of para-hydroxylation sites is 1. The fourth-order valence-corrected chi connectivity index (χ4v) is 4.78. The van der Waals surface area contributed by atoms with Crippen molar-refractivity contribution < 1.29 is 24.0 Å². The Morgan fingerprint density at radius 2 is 1.33 bits per heavy atom. The molecule has 0 saturated heterocycles. The number of rotatable bonds is 16. The second kappa shape index (κ2) is 17.9. The highest BCUT2D eigenvalue weighted by Gasteiger charge is 2.28. The number of benzene rings is 3. The lowest BCUT2D eigenvalue weighted by molar-refractivity contribution is -0.133. The highest BCUT2D eigenvalue weighted by molar-refractivity contribution is 6.00. The molecule has 6 amide bonds. The number of nitrogens with two attached hydrogens (primary N) is 1. The second-order valence-corrected chi connectivity index (χ2v) is 11.2. The molecule has 0 spiro atoms. The Morgan fingerprint density at radius 1 is 0.696 bits per heavy atom. The first-order chi connectivity index (χ1) is 22.1. The maximum absolute atomic E-state index is 13.3. The number of unbranched alkanes of at least 4 members (excludes halogenated alkanes) is 1. The number of hydrogen-bond donors (Lipinski definition) is 6. The summed E-state index contributed by atoms with van der Waals surface area (Å²) in [6.07, 6.45) is 2.40. The van der Waals surface area contributed by atoms with Gasteiger partial charge < -0.3 is 32.3 Å². The van der Waals surface area contributed by atoms with Crippen LogP contribution in [0.25, 0.3) is 0 Å². The molecule has 3 aromatic rings. The lowest BCUT2D eigenvalue weighted by atomic mass is 10.0. The second-order valence-electron chi connectivity index (χ2n) is 11.2. The van der Waals surface area contributed by atoms with Gasteiger partial charge in [0.2, 0.25) is 23.6 Å². The third kappa shape index (κ3) is 11.4. The number of hydrogen-bond acceptors (Lipinski definition) is 5. The molecule has 244 valence electrons. The number of primary amides is 1. The van der Waals surface area contributed by atoms with Gasteiger partial charge in [0.25, 0.3) is 0 Å². The van der Waals surface area contributed by atoms with E-state index in [4.69, 9.17) is 5.73 Å². The zero-order valence-electron chi connectivity index (χ0n) is 26.6. The molecule has 0 bridgehead atoms. The van der Waals surface area contributed by atoms with Crippen molar-refractivity contribution in [2.45, 2.75) is 77.4 Å². The zero-order valence-corrected chi connectivity index (χ0v) is 26.6. The molecular formula is C35H44N6O5. The maximum atomic E-state index is 13.3. The number of carbonyl (C=O) groups is 5. The fraction of sp³-hybridized carbons (Fsp3) is 0.343. The summed E-state index contributed by atoms with van der Waals surface area (Å²) in [6, 6.07) is 20.4. The number of aryl methyl sites for hydroxylation is 1. The van der Waals surface area contributed by atoms with Crippen LogP contribution in [0.2, 0.25) is 0 Å². The molecule has 0 saturated carbocycles.